The first-order chi connectivity index (χ1) is 7.26. The predicted molar refractivity (Wildman–Crippen MR) is 61.2 cm³/mol. The number of rotatable bonds is 2. The van der Waals surface area contributed by atoms with Gasteiger partial charge in [0.2, 0.25) is 0 Å². The maximum absolute atomic E-state index is 9.79. The molecule has 0 amide bonds. The van der Waals surface area contributed by atoms with E-state index in [2.05, 4.69) is 13.0 Å². The lowest BCUT2D eigenvalue weighted by molar-refractivity contribution is 0.406. The van der Waals surface area contributed by atoms with E-state index >= 15 is 0 Å². The highest BCUT2D eigenvalue weighted by Gasteiger charge is 2.16. The summed E-state index contributed by atoms with van der Waals surface area (Å²) in [7, 11) is 1.67. The summed E-state index contributed by atoms with van der Waals surface area (Å²) >= 11 is 0. The average Bonchev–Trinajstić information content (AvgIpc) is 2.29. The van der Waals surface area contributed by atoms with E-state index in [0.717, 1.165) is 36.1 Å². The van der Waals surface area contributed by atoms with E-state index in [-0.39, 0.29) is 0 Å². The van der Waals surface area contributed by atoms with E-state index < -0.39 is 0 Å². The van der Waals surface area contributed by atoms with Crippen molar-refractivity contribution in [2.75, 3.05) is 7.11 Å². The molecular weight excluding hydrogens is 188 g/mol. The van der Waals surface area contributed by atoms with E-state index in [1.165, 1.54) is 5.57 Å². The maximum Gasteiger partial charge on any atom is 0.123 e. The maximum atomic E-state index is 9.79. The van der Waals surface area contributed by atoms with E-state index in [9.17, 15) is 5.11 Å². The Bertz CT molecular complexity index is 405. The largest absolute Gasteiger partial charge is 0.507 e. The molecule has 0 unspecified atom stereocenters. The normalized spacial score (nSPS) is 14.4. The van der Waals surface area contributed by atoms with Gasteiger partial charge in [0.1, 0.15) is 11.5 Å². The minimum absolute atomic E-state index is 0.358. The summed E-state index contributed by atoms with van der Waals surface area (Å²) in [5.74, 6) is 1.24. The first-order valence-electron chi connectivity index (χ1n) is 5.34. The van der Waals surface area contributed by atoms with Crippen LogP contribution in [0, 0.1) is 0 Å². The molecule has 1 N–H and O–H groups in total. The summed E-state index contributed by atoms with van der Waals surface area (Å²) in [6, 6.07) is 3.53. The number of allylic oxidation sites excluding steroid dienone is 1. The van der Waals surface area contributed by atoms with Gasteiger partial charge in [-0.3, -0.25) is 0 Å². The third kappa shape index (κ3) is 1.72. The number of hydrogen-bond donors (Lipinski definition) is 1. The van der Waals surface area contributed by atoms with Crippen LogP contribution in [-0.2, 0) is 6.42 Å². The zero-order valence-corrected chi connectivity index (χ0v) is 9.21. The lowest BCUT2D eigenvalue weighted by atomic mass is 9.90. The van der Waals surface area contributed by atoms with Crippen LogP contribution in [0.1, 0.15) is 30.9 Å². The molecule has 0 aromatic heterocycles. The number of fused-ring (bicyclic) bond motifs is 1. The van der Waals surface area contributed by atoms with Crippen molar-refractivity contribution in [1.82, 2.24) is 0 Å². The summed E-state index contributed by atoms with van der Waals surface area (Å²) in [5, 5.41) is 9.79. The minimum Gasteiger partial charge on any atom is -0.507 e. The van der Waals surface area contributed by atoms with Gasteiger partial charge in [0.15, 0.2) is 0 Å². The summed E-state index contributed by atoms with van der Waals surface area (Å²) in [4.78, 5) is 0. The second kappa shape index (κ2) is 3.97. The smallest absolute Gasteiger partial charge is 0.123 e. The van der Waals surface area contributed by atoms with Crippen molar-refractivity contribution in [3.8, 4) is 11.5 Å². The van der Waals surface area contributed by atoms with Crippen LogP contribution in [0.5, 0.6) is 11.5 Å². The lowest BCUT2D eigenvalue weighted by Crippen LogP contribution is -2.02. The van der Waals surface area contributed by atoms with Gasteiger partial charge in [0, 0.05) is 11.1 Å². The Hall–Kier alpha value is -1.44. The molecule has 1 aliphatic carbocycles. The topological polar surface area (TPSA) is 29.5 Å². The fourth-order valence-corrected chi connectivity index (χ4v) is 2.08. The van der Waals surface area contributed by atoms with Gasteiger partial charge in [-0.25, -0.2) is 0 Å². The minimum atomic E-state index is 0.358. The molecule has 2 heteroatoms. The molecule has 0 atom stereocenters. The third-order valence-corrected chi connectivity index (χ3v) is 3.01. The Morgan fingerprint density at radius 3 is 2.80 bits per heavy atom. The molecule has 0 fully saturated rings. The van der Waals surface area contributed by atoms with Crippen molar-refractivity contribution in [2.24, 2.45) is 0 Å². The number of benzene rings is 1. The van der Waals surface area contributed by atoms with Crippen LogP contribution in [0.4, 0.5) is 0 Å². The van der Waals surface area contributed by atoms with Crippen molar-refractivity contribution < 1.29 is 9.84 Å². The molecule has 0 spiro atoms. The van der Waals surface area contributed by atoms with Gasteiger partial charge < -0.3 is 9.84 Å². The van der Waals surface area contributed by atoms with E-state index in [1.807, 2.05) is 6.07 Å². The van der Waals surface area contributed by atoms with Gasteiger partial charge in [-0.2, -0.15) is 0 Å². The quantitative estimate of drug-likeness (QED) is 0.802. The number of hydrogen-bond acceptors (Lipinski definition) is 2. The first kappa shape index (κ1) is 10.1. The molecule has 0 aliphatic heterocycles. The standard InChI is InChI=1S/C13H16O2/c1-3-9-4-5-10-11(8-9)12(14)6-7-13(10)15-2/h6-8,14H,3-5H2,1-2H3. The number of aromatic hydroxyl groups is 1. The zero-order chi connectivity index (χ0) is 10.8. The molecule has 0 bridgehead atoms. The van der Waals surface area contributed by atoms with Crippen LogP contribution in [0.3, 0.4) is 0 Å². The number of phenolic OH excluding ortho intramolecular Hbond substituents is 1. The highest BCUT2D eigenvalue weighted by atomic mass is 16.5. The van der Waals surface area contributed by atoms with Crippen molar-refractivity contribution in [3.05, 3.63) is 28.8 Å². The van der Waals surface area contributed by atoms with Crippen LogP contribution in [0.2, 0.25) is 0 Å². The van der Waals surface area contributed by atoms with Crippen molar-refractivity contribution >= 4 is 6.08 Å². The van der Waals surface area contributed by atoms with Gasteiger partial charge in [-0.1, -0.05) is 18.6 Å². The number of ether oxygens (including phenoxy) is 1. The first-order valence-corrected chi connectivity index (χ1v) is 5.34. The van der Waals surface area contributed by atoms with Gasteiger partial charge in [-0.05, 0) is 31.4 Å². The fourth-order valence-electron chi connectivity index (χ4n) is 2.08. The molecule has 80 valence electrons. The van der Waals surface area contributed by atoms with Crippen molar-refractivity contribution in [1.29, 1.82) is 0 Å². The second-order valence-electron chi connectivity index (χ2n) is 3.84. The number of phenols is 1. The Morgan fingerprint density at radius 2 is 2.13 bits per heavy atom. The molecule has 0 heterocycles. The third-order valence-electron chi connectivity index (χ3n) is 3.01. The van der Waals surface area contributed by atoms with Crippen LogP contribution in [-0.4, -0.2) is 12.2 Å². The molecular formula is C13H16O2. The Kier molecular flexibility index (Phi) is 2.67. The van der Waals surface area contributed by atoms with Gasteiger partial charge in [0.05, 0.1) is 7.11 Å². The van der Waals surface area contributed by atoms with E-state index in [1.54, 1.807) is 13.2 Å². The molecule has 0 saturated carbocycles. The van der Waals surface area contributed by atoms with E-state index in [0.29, 0.717) is 5.75 Å². The fraction of sp³-hybridized carbons (Fsp3) is 0.385. The molecule has 1 aromatic carbocycles. The van der Waals surface area contributed by atoms with Gasteiger partial charge >= 0.3 is 0 Å². The Labute approximate surface area is 90.2 Å². The van der Waals surface area contributed by atoms with E-state index in [4.69, 9.17) is 4.74 Å². The number of methoxy groups -OCH3 is 1. The Morgan fingerprint density at radius 1 is 1.33 bits per heavy atom. The molecule has 1 aromatic rings. The molecule has 2 rings (SSSR count). The SMILES string of the molecule is CCC1=Cc2c(O)ccc(OC)c2CC1. The van der Waals surface area contributed by atoms with Crippen LogP contribution in [0.15, 0.2) is 17.7 Å². The summed E-state index contributed by atoms with van der Waals surface area (Å²) in [6.45, 7) is 2.15. The van der Waals surface area contributed by atoms with Gasteiger partial charge in [0.25, 0.3) is 0 Å². The molecule has 0 radical (unpaired) electrons. The summed E-state index contributed by atoms with van der Waals surface area (Å²) in [5.41, 5.74) is 3.47. The highest BCUT2D eigenvalue weighted by Crippen LogP contribution is 2.37. The summed E-state index contributed by atoms with van der Waals surface area (Å²) in [6.07, 6.45) is 5.18. The monoisotopic (exact) mass is 204 g/mol. The molecule has 1 aliphatic rings. The van der Waals surface area contributed by atoms with Crippen LogP contribution >= 0.6 is 0 Å². The highest BCUT2D eigenvalue weighted by molar-refractivity contribution is 5.68. The van der Waals surface area contributed by atoms with Crippen molar-refractivity contribution in [2.45, 2.75) is 26.2 Å². The molecule has 0 saturated heterocycles. The van der Waals surface area contributed by atoms with Crippen LogP contribution < -0.4 is 4.74 Å². The van der Waals surface area contributed by atoms with Gasteiger partial charge in [-0.15, -0.1) is 0 Å². The lowest BCUT2D eigenvalue weighted by Gasteiger charge is -2.19. The predicted octanol–water partition coefficient (Wildman–Crippen LogP) is 3.14. The Balaban J connectivity index is 2.54. The zero-order valence-electron chi connectivity index (χ0n) is 9.21. The second-order valence-corrected chi connectivity index (χ2v) is 3.84. The average molecular weight is 204 g/mol. The van der Waals surface area contributed by atoms with Crippen molar-refractivity contribution in [3.63, 3.8) is 0 Å². The molecule has 2 nitrogen and oxygen atoms in total. The van der Waals surface area contributed by atoms with Crippen LogP contribution in [0.25, 0.3) is 6.08 Å². The molecule has 15 heavy (non-hydrogen) atoms. The summed E-state index contributed by atoms with van der Waals surface area (Å²) < 4.78 is 5.30.